The first kappa shape index (κ1) is 16.2. The number of benzene rings is 2. The van der Waals surface area contributed by atoms with Crippen LogP contribution in [0.5, 0.6) is 5.75 Å². The molecule has 0 aromatic heterocycles. The van der Waals surface area contributed by atoms with Crippen LogP contribution in [0.2, 0.25) is 0 Å². The van der Waals surface area contributed by atoms with Gasteiger partial charge in [-0.3, -0.25) is 10.1 Å². The van der Waals surface area contributed by atoms with E-state index in [-0.39, 0.29) is 18.0 Å². The van der Waals surface area contributed by atoms with Gasteiger partial charge in [0.25, 0.3) is 5.69 Å². The fourth-order valence-corrected chi connectivity index (χ4v) is 1.86. The van der Waals surface area contributed by atoms with Crippen molar-refractivity contribution in [3.63, 3.8) is 0 Å². The highest BCUT2D eigenvalue weighted by atomic mass is 16.6. The summed E-state index contributed by atoms with van der Waals surface area (Å²) in [5.41, 5.74) is 7.06. The zero-order valence-corrected chi connectivity index (χ0v) is 12.1. The number of nitrogens with one attached hydrogen (secondary N) is 2. The average Bonchev–Trinajstić information content (AvgIpc) is 2.54. The van der Waals surface area contributed by atoms with Crippen LogP contribution in [0, 0.1) is 10.1 Å². The van der Waals surface area contributed by atoms with Crippen molar-refractivity contribution in [3.8, 4) is 5.75 Å². The second-order valence-corrected chi connectivity index (χ2v) is 4.58. The van der Waals surface area contributed by atoms with Crippen molar-refractivity contribution < 1.29 is 19.6 Å². The van der Waals surface area contributed by atoms with Crippen molar-refractivity contribution in [2.45, 2.75) is 6.54 Å². The normalized spacial score (nSPS) is 10.1. The average molecular weight is 317 g/mol. The summed E-state index contributed by atoms with van der Waals surface area (Å²) in [6.45, 7) is -0.303. The number of carboxylic acid groups (broad SMARTS) is 1. The maximum atomic E-state index is 10.9. The van der Waals surface area contributed by atoms with E-state index in [0.29, 0.717) is 5.56 Å². The Hall–Kier alpha value is -3.13. The van der Waals surface area contributed by atoms with Gasteiger partial charge >= 0.3 is 5.97 Å². The van der Waals surface area contributed by atoms with E-state index in [9.17, 15) is 14.9 Å². The summed E-state index contributed by atoms with van der Waals surface area (Å²) in [6, 6.07) is 13.3. The maximum Gasteiger partial charge on any atom is 0.341 e. The molecule has 0 bridgehead atoms. The van der Waals surface area contributed by atoms with E-state index in [1.165, 1.54) is 18.2 Å². The molecule has 2 rings (SSSR count). The topological polar surface area (TPSA) is 114 Å². The number of rotatable bonds is 8. The van der Waals surface area contributed by atoms with Crippen LogP contribution in [0.25, 0.3) is 0 Å². The van der Waals surface area contributed by atoms with Crippen molar-refractivity contribution >= 4 is 17.3 Å². The smallest absolute Gasteiger partial charge is 0.341 e. The molecule has 0 spiro atoms. The molecule has 2 aromatic rings. The Morgan fingerprint density at radius 1 is 1.22 bits per heavy atom. The first-order valence-corrected chi connectivity index (χ1v) is 6.72. The number of carbonyl (C=O) groups is 1. The zero-order valence-electron chi connectivity index (χ0n) is 12.1. The molecular formula is C15H15N3O5. The Labute approximate surface area is 131 Å². The number of nitrogens with zero attached hydrogens (tertiary/aromatic N) is 1. The second-order valence-electron chi connectivity index (χ2n) is 4.58. The molecule has 0 saturated heterocycles. The van der Waals surface area contributed by atoms with Gasteiger partial charge in [0.05, 0.1) is 4.92 Å². The minimum absolute atomic E-state index is 0.0933. The van der Waals surface area contributed by atoms with E-state index in [0.717, 1.165) is 5.69 Å². The highest BCUT2D eigenvalue weighted by Crippen LogP contribution is 2.24. The van der Waals surface area contributed by atoms with E-state index >= 15 is 0 Å². The highest BCUT2D eigenvalue weighted by molar-refractivity contribution is 5.68. The number of anilines is 1. The van der Waals surface area contributed by atoms with Gasteiger partial charge in [0.2, 0.25) is 0 Å². The van der Waals surface area contributed by atoms with E-state index in [1.54, 1.807) is 0 Å². The Kier molecular flexibility index (Phi) is 5.48. The fraction of sp³-hybridized carbons (Fsp3) is 0.133. The second kappa shape index (κ2) is 7.76. The SMILES string of the molecule is O=C(O)COc1ccc([N+](=O)[O-])cc1CNNc1ccccc1. The molecule has 120 valence electrons. The number of ether oxygens (including phenoxy) is 1. The first-order chi connectivity index (χ1) is 11.1. The molecule has 0 aliphatic rings. The van der Waals surface area contributed by atoms with Crippen molar-refractivity contribution in [2.24, 2.45) is 0 Å². The van der Waals surface area contributed by atoms with Gasteiger partial charge in [0, 0.05) is 29.9 Å². The van der Waals surface area contributed by atoms with Crippen LogP contribution in [0.4, 0.5) is 11.4 Å². The van der Waals surface area contributed by atoms with Gasteiger partial charge in [0.15, 0.2) is 6.61 Å². The Morgan fingerprint density at radius 3 is 2.61 bits per heavy atom. The lowest BCUT2D eigenvalue weighted by atomic mass is 10.2. The molecule has 0 unspecified atom stereocenters. The number of aliphatic carboxylic acids is 1. The van der Waals surface area contributed by atoms with E-state index in [2.05, 4.69) is 10.9 Å². The number of carboxylic acids is 1. The van der Waals surface area contributed by atoms with Gasteiger partial charge in [-0.2, -0.15) is 0 Å². The predicted octanol–water partition coefficient (Wildman–Crippen LogP) is 2.17. The number of nitro benzene ring substituents is 1. The summed E-state index contributed by atoms with van der Waals surface area (Å²) in [4.78, 5) is 20.9. The van der Waals surface area contributed by atoms with Crippen molar-refractivity contribution in [1.82, 2.24) is 5.43 Å². The molecule has 0 amide bonds. The lowest BCUT2D eigenvalue weighted by Gasteiger charge is -2.12. The third-order valence-electron chi connectivity index (χ3n) is 2.89. The Balaban J connectivity index is 2.07. The van der Waals surface area contributed by atoms with E-state index < -0.39 is 17.5 Å². The highest BCUT2D eigenvalue weighted by Gasteiger charge is 2.12. The van der Waals surface area contributed by atoms with Gasteiger partial charge in [-0.05, 0) is 18.2 Å². The summed E-state index contributed by atoms with van der Waals surface area (Å²) in [7, 11) is 0. The molecular weight excluding hydrogens is 302 g/mol. The number of hydrogen-bond donors (Lipinski definition) is 3. The molecule has 0 fully saturated rings. The van der Waals surface area contributed by atoms with Crippen LogP contribution in [0.3, 0.4) is 0 Å². The van der Waals surface area contributed by atoms with Crippen molar-refractivity contribution in [2.75, 3.05) is 12.0 Å². The molecule has 8 nitrogen and oxygen atoms in total. The summed E-state index contributed by atoms with van der Waals surface area (Å²) >= 11 is 0. The van der Waals surface area contributed by atoms with Crippen molar-refractivity contribution in [3.05, 3.63) is 64.2 Å². The predicted molar refractivity (Wildman–Crippen MR) is 83.1 cm³/mol. The summed E-state index contributed by atoms with van der Waals surface area (Å²) in [6.07, 6.45) is 0. The summed E-state index contributed by atoms with van der Waals surface area (Å²) in [5, 5.41) is 19.5. The van der Waals surface area contributed by atoms with Gasteiger partial charge in [-0.1, -0.05) is 18.2 Å². The number of hydrazine groups is 1. The minimum Gasteiger partial charge on any atom is -0.482 e. The molecule has 0 saturated carbocycles. The van der Waals surface area contributed by atoms with Crippen LogP contribution in [0.1, 0.15) is 5.56 Å². The number of non-ortho nitro benzene ring substituents is 1. The van der Waals surface area contributed by atoms with Crippen LogP contribution in [-0.2, 0) is 11.3 Å². The molecule has 0 atom stereocenters. The van der Waals surface area contributed by atoms with Crippen LogP contribution in [-0.4, -0.2) is 22.6 Å². The largest absolute Gasteiger partial charge is 0.482 e. The lowest BCUT2D eigenvalue weighted by Crippen LogP contribution is -2.21. The third-order valence-corrected chi connectivity index (χ3v) is 2.89. The molecule has 0 radical (unpaired) electrons. The van der Waals surface area contributed by atoms with Gasteiger partial charge < -0.3 is 15.3 Å². The molecule has 0 aliphatic carbocycles. The monoisotopic (exact) mass is 317 g/mol. The van der Waals surface area contributed by atoms with E-state index in [1.807, 2.05) is 30.3 Å². The molecule has 23 heavy (non-hydrogen) atoms. The van der Waals surface area contributed by atoms with Crippen LogP contribution in [0.15, 0.2) is 48.5 Å². The minimum atomic E-state index is -1.12. The number of hydrogen-bond acceptors (Lipinski definition) is 6. The molecule has 2 aromatic carbocycles. The first-order valence-electron chi connectivity index (χ1n) is 6.72. The molecule has 0 heterocycles. The summed E-state index contributed by atoms with van der Waals surface area (Å²) in [5.74, 6) is -0.843. The number of para-hydroxylation sites is 1. The zero-order chi connectivity index (χ0) is 16.7. The molecule has 8 heteroatoms. The maximum absolute atomic E-state index is 10.9. The van der Waals surface area contributed by atoms with E-state index in [4.69, 9.17) is 9.84 Å². The van der Waals surface area contributed by atoms with Crippen LogP contribution < -0.4 is 15.6 Å². The quantitative estimate of drug-likeness (QED) is 0.505. The standard InChI is InChI=1S/C15H15N3O5/c19-15(20)10-23-14-7-6-13(18(21)22)8-11(14)9-16-17-12-4-2-1-3-5-12/h1-8,16-17H,9-10H2,(H,19,20). The number of nitro groups is 1. The fourth-order valence-electron chi connectivity index (χ4n) is 1.86. The van der Waals surface area contributed by atoms with Gasteiger partial charge in [-0.15, -0.1) is 0 Å². The van der Waals surface area contributed by atoms with Crippen molar-refractivity contribution in [1.29, 1.82) is 0 Å². The lowest BCUT2D eigenvalue weighted by molar-refractivity contribution is -0.384. The summed E-state index contributed by atoms with van der Waals surface area (Å²) < 4.78 is 5.15. The van der Waals surface area contributed by atoms with Gasteiger partial charge in [0.1, 0.15) is 5.75 Å². The van der Waals surface area contributed by atoms with Gasteiger partial charge in [-0.25, -0.2) is 10.2 Å². The van der Waals surface area contributed by atoms with Crippen LogP contribution >= 0.6 is 0 Å². The Morgan fingerprint density at radius 2 is 1.96 bits per heavy atom. The molecule has 0 aliphatic heterocycles. The Bertz CT molecular complexity index is 691. The third kappa shape index (κ3) is 4.97. The molecule has 3 N–H and O–H groups in total.